The van der Waals surface area contributed by atoms with Crippen LogP contribution in [0.4, 0.5) is 8.78 Å². The highest BCUT2D eigenvalue weighted by Gasteiger charge is 2.11. The molecule has 2 N–H and O–H groups in total. The summed E-state index contributed by atoms with van der Waals surface area (Å²) in [6.45, 7) is -0.689. The zero-order chi connectivity index (χ0) is 17.1. The Kier molecular flexibility index (Phi) is 4.37. The van der Waals surface area contributed by atoms with Crippen LogP contribution in [-0.4, -0.2) is 27.9 Å². The molecule has 0 bridgehead atoms. The van der Waals surface area contributed by atoms with Crippen molar-refractivity contribution in [2.75, 3.05) is 0 Å². The Hall–Kier alpha value is -3.03. The number of ether oxygens (including phenoxy) is 1. The smallest absolute Gasteiger partial charge is 0.387 e. The van der Waals surface area contributed by atoms with Gasteiger partial charge in [0, 0.05) is 17.7 Å². The molecule has 0 aliphatic rings. The summed E-state index contributed by atoms with van der Waals surface area (Å²) in [6, 6.07) is 9.29. The average molecular weight is 332 g/mol. The number of hydrogen-bond donors (Lipinski definition) is 2. The van der Waals surface area contributed by atoms with Crippen LogP contribution in [0, 0.1) is 6.92 Å². The number of aryl methyl sites for hydroxylation is 1. The Morgan fingerprint density at radius 1 is 1.25 bits per heavy atom. The lowest BCUT2D eigenvalue weighted by atomic mass is 10.1. The van der Waals surface area contributed by atoms with E-state index in [0.717, 1.165) is 16.6 Å². The number of hydrogen-bond acceptors (Lipinski definition) is 4. The van der Waals surface area contributed by atoms with E-state index in [-0.39, 0.29) is 18.2 Å². The fourth-order valence-corrected chi connectivity index (χ4v) is 2.35. The van der Waals surface area contributed by atoms with Crippen molar-refractivity contribution in [2.24, 2.45) is 0 Å². The number of amides is 1. The number of aromatic nitrogens is 3. The van der Waals surface area contributed by atoms with Crippen LogP contribution in [0.2, 0.25) is 0 Å². The zero-order valence-electron chi connectivity index (χ0n) is 12.7. The second-order valence-corrected chi connectivity index (χ2v) is 5.15. The molecule has 3 rings (SSSR count). The van der Waals surface area contributed by atoms with E-state index in [2.05, 4.69) is 25.5 Å². The Labute approximate surface area is 135 Å². The third-order valence-electron chi connectivity index (χ3n) is 3.60. The van der Waals surface area contributed by atoms with E-state index >= 15 is 0 Å². The van der Waals surface area contributed by atoms with E-state index in [0.29, 0.717) is 11.1 Å². The second-order valence-electron chi connectivity index (χ2n) is 5.15. The normalized spacial score (nSPS) is 11.0. The Bertz CT molecular complexity index is 862. The highest BCUT2D eigenvalue weighted by atomic mass is 19.3. The first kappa shape index (κ1) is 15.9. The minimum atomic E-state index is -2.89. The standard InChI is InChI=1S/C16H14F2N4O2/c1-9-2-7-13-14(21-22-20-13)12(9)8-19-15(23)10-3-5-11(6-4-10)24-16(17)18/h2-7,16H,8H2,1H3,(H,19,23)(H,20,21,22). The van der Waals surface area contributed by atoms with Crippen molar-refractivity contribution >= 4 is 16.9 Å². The number of alkyl halides is 2. The number of rotatable bonds is 5. The second kappa shape index (κ2) is 6.61. The van der Waals surface area contributed by atoms with Gasteiger partial charge in [0.2, 0.25) is 0 Å². The number of benzene rings is 2. The van der Waals surface area contributed by atoms with Gasteiger partial charge >= 0.3 is 6.61 Å². The third-order valence-corrected chi connectivity index (χ3v) is 3.60. The topological polar surface area (TPSA) is 79.9 Å². The van der Waals surface area contributed by atoms with E-state index in [9.17, 15) is 13.6 Å². The summed E-state index contributed by atoms with van der Waals surface area (Å²) in [7, 11) is 0. The summed E-state index contributed by atoms with van der Waals surface area (Å²) in [5.74, 6) is -0.316. The zero-order valence-corrected chi connectivity index (χ0v) is 12.7. The van der Waals surface area contributed by atoms with E-state index in [1.54, 1.807) is 0 Å². The fourth-order valence-electron chi connectivity index (χ4n) is 2.35. The number of nitrogens with zero attached hydrogens (tertiary/aromatic N) is 2. The molecule has 0 atom stereocenters. The quantitative estimate of drug-likeness (QED) is 0.753. The van der Waals surface area contributed by atoms with Crippen molar-refractivity contribution < 1.29 is 18.3 Å². The minimum Gasteiger partial charge on any atom is -0.435 e. The van der Waals surface area contributed by atoms with Gasteiger partial charge in [0.1, 0.15) is 11.3 Å². The SMILES string of the molecule is Cc1ccc2[nH]nnc2c1CNC(=O)c1ccc(OC(F)F)cc1. The number of nitrogens with one attached hydrogen (secondary N) is 2. The molecule has 0 fully saturated rings. The number of halogens is 2. The van der Waals surface area contributed by atoms with Crippen molar-refractivity contribution in [2.45, 2.75) is 20.1 Å². The lowest BCUT2D eigenvalue weighted by Gasteiger charge is -2.09. The molecule has 0 aliphatic heterocycles. The first-order valence-electron chi connectivity index (χ1n) is 7.17. The summed E-state index contributed by atoms with van der Waals surface area (Å²) in [5, 5.41) is 13.4. The molecule has 1 amide bonds. The van der Waals surface area contributed by atoms with Gasteiger partial charge in [-0.05, 0) is 42.8 Å². The van der Waals surface area contributed by atoms with Gasteiger partial charge in [0.15, 0.2) is 0 Å². The first-order valence-corrected chi connectivity index (χ1v) is 7.17. The lowest BCUT2D eigenvalue weighted by Crippen LogP contribution is -2.23. The molecule has 6 nitrogen and oxygen atoms in total. The molecular weight excluding hydrogens is 318 g/mol. The molecule has 1 heterocycles. The van der Waals surface area contributed by atoms with Gasteiger partial charge in [-0.2, -0.15) is 8.78 Å². The van der Waals surface area contributed by atoms with Crippen LogP contribution in [0.5, 0.6) is 5.75 Å². The molecule has 0 radical (unpaired) electrons. The maximum absolute atomic E-state index is 12.2. The summed E-state index contributed by atoms with van der Waals surface area (Å²) < 4.78 is 28.5. The molecule has 0 spiro atoms. The van der Waals surface area contributed by atoms with Crippen molar-refractivity contribution in [3.8, 4) is 5.75 Å². The first-order chi connectivity index (χ1) is 11.5. The number of carbonyl (C=O) groups is 1. The summed E-state index contributed by atoms with van der Waals surface area (Å²) >= 11 is 0. The molecular formula is C16H14F2N4O2. The summed E-state index contributed by atoms with van der Waals surface area (Å²) in [6.07, 6.45) is 0. The van der Waals surface area contributed by atoms with Crippen LogP contribution in [0.3, 0.4) is 0 Å². The van der Waals surface area contributed by atoms with Crippen LogP contribution in [0.15, 0.2) is 36.4 Å². The predicted molar refractivity (Wildman–Crippen MR) is 82.9 cm³/mol. The van der Waals surface area contributed by atoms with Gasteiger partial charge in [0.05, 0.1) is 5.52 Å². The highest BCUT2D eigenvalue weighted by Crippen LogP contribution is 2.19. The summed E-state index contributed by atoms with van der Waals surface area (Å²) in [5.41, 5.74) is 3.69. The molecule has 24 heavy (non-hydrogen) atoms. The van der Waals surface area contributed by atoms with E-state index < -0.39 is 6.61 Å². The molecule has 0 saturated heterocycles. The van der Waals surface area contributed by atoms with E-state index in [1.165, 1.54) is 24.3 Å². The van der Waals surface area contributed by atoms with E-state index in [4.69, 9.17) is 0 Å². The van der Waals surface area contributed by atoms with Crippen molar-refractivity contribution in [3.05, 3.63) is 53.1 Å². The molecule has 1 aromatic heterocycles. The molecule has 124 valence electrons. The van der Waals surface area contributed by atoms with Crippen LogP contribution in [0.1, 0.15) is 21.5 Å². The van der Waals surface area contributed by atoms with Crippen molar-refractivity contribution in [1.82, 2.24) is 20.7 Å². The minimum absolute atomic E-state index is 0.00441. The maximum Gasteiger partial charge on any atom is 0.387 e. The van der Waals surface area contributed by atoms with Crippen LogP contribution in [0.25, 0.3) is 11.0 Å². The van der Waals surface area contributed by atoms with Gasteiger partial charge in [-0.25, -0.2) is 0 Å². The highest BCUT2D eigenvalue weighted by molar-refractivity contribution is 5.94. The monoisotopic (exact) mass is 332 g/mol. The number of carbonyl (C=O) groups excluding carboxylic acids is 1. The molecule has 3 aromatic rings. The summed E-state index contributed by atoms with van der Waals surface area (Å²) in [4.78, 5) is 12.2. The number of aromatic amines is 1. The molecule has 0 unspecified atom stereocenters. The van der Waals surface area contributed by atoms with Crippen LogP contribution in [-0.2, 0) is 6.54 Å². The van der Waals surface area contributed by atoms with Crippen molar-refractivity contribution in [3.63, 3.8) is 0 Å². The Morgan fingerprint density at radius 3 is 2.71 bits per heavy atom. The largest absolute Gasteiger partial charge is 0.435 e. The maximum atomic E-state index is 12.2. The Balaban J connectivity index is 1.71. The molecule has 0 saturated carbocycles. The predicted octanol–water partition coefficient (Wildman–Crippen LogP) is 2.80. The Morgan fingerprint density at radius 2 is 2.00 bits per heavy atom. The fraction of sp³-hybridized carbons (Fsp3) is 0.188. The van der Waals surface area contributed by atoms with Gasteiger partial charge in [-0.3, -0.25) is 9.89 Å². The average Bonchev–Trinajstić information content (AvgIpc) is 3.02. The van der Waals surface area contributed by atoms with Gasteiger partial charge in [-0.15, -0.1) is 5.10 Å². The molecule has 8 heteroatoms. The lowest BCUT2D eigenvalue weighted by molar-refractivity contribution is -0.0498. The van der Waals surface area contributed by atoms with Crippen LogP contribution < -0.4 is 10.1 Å². The van der Waals surface area contributed by atoms with Gasteiger partial charge in [-0.1, -0.05) is 11.3 Å². The molecule has 2 aromatic carbocycles. The van der Waals surface area contributed by atoms with Crippen molar-refractivity contribution in [1.29, 1.82) is 0 Å². The van der Waals surface area contributed by atoms with Gasteiger partial charge < -0.3 is 10.1 Å². The van der Waals surface area contributed by atoms with Gasteiger partial charge in [0.25, 0.3) is 5.91 Å². The van der Waals surface area contributed by atoms with E-state index in [1.807, 2.05) is 19.1 Å². The molecule has 0 aliphatic carbocycles. The number of H-pyrrole nitrogens is 1. The van der Waals surface area contributed by atoms with Crippen LogP contribution >= 0.6 is 0 Å². The third kappa shape index (κ3) is 3.32. The number of fused-ring (bicyclic) bond motifs is 1.